The molecule has 0 aliphatic heterocycles. The Kier molecular flexibility index (Phi) is 5.89. The fourth-order valence-electron chi connectivity index (χ4n) is 2.20. The highest BCUT2D eigenvalue weighted by Gasteiger charge is 2.09. The second-order valence-electron chi connectivity index (χ2n) is 5.82. The first-order valence-electron chi connectivity index (χ1n) is 7.83. The van der Waals surface area contributed by atoms with E-state index in [0.29, 0.717) is 16.8 Å². The van der Waals surface area contributed by atoms with Crippen LogP contribution in [0, 0.1) is 0 Å². The predicted octanol–water partition coefficient (Wildman–Crippen LogP) is 2.64. The summed E-state index contributed by atoms with van der Waals surface area (Å²) in [5, 5.41) is 5.74. The van der Waals surface area contributed by atoms with Crippen molar-refractivity contribution in [2.45, 2.75) is 6.92 Å². The third-order valence-electron chi connectivity index (χ3n) is 3.54. The van der Waals surface area contributed by atoms with E-state index >= 15 is 0 Å². The Balaban J connectivity index is 1.93. The molecule has 0 bridgehead atoms. The minimum Gasteiger partial charge on any atom is -0.376 e. The first-order valence-corrected chi connectivity index (χ1v) is 7.83. The van der Waals surface area contributed by atoms with Gasteiger partial charge in [-0.1, -0.05) is 6.07 Å². The highest BCUT2D eigenvalue weighted by molar-refractivity contribution is 5.98. The van der Waals surface area contributed by atoms with Gasteiger partial charge in [-0.05, 0) is 49.4 Å². The van der Waals surface area contributed by atoms with Crippen LogP contribution < -0.4 is 10.6 Å². The Bertz CT molecular complexity index is 783. The minimum absolute atomic E-state index is 0.00329. The SMILES string of the molecule is CC(=O)c1ccc(NCC(=O)Nc2cccc(C(=O)N(C)C)c2)cc1. The van der Waals surface area contributed by atoms with Gasteiger partial charge in [-0.15, -0.1) is 0 Å². The molecule has 2 N–H and O–H groups in total. The van der Waals surface area contributed by atoms with Gasteiger partial charge < -0.3 is 15.5 Å². The smallest absolute Gasteiger partial charge is 0.253 e. The molecule has 0 fully saturated rings. The summed E-state index contributed by atoms with van der Waals surface area (Å²) in [6, 6.07) is 13.7. The van der Waals surface area contributed by atoms with Gasteiger partial charge in [-0.3, -0.25) is 14.4 Å². The van der Waals surface area contributed by atoms with Crippen LogP contribution in [0.2, 0.25) is 0 Å². The zero-order chi connectivity index (χ0) is 18.4. The number of anilines is 2. The largest absolute Gasteiger partial charge is 0.376 e. The van der Waals surface area contributed by atoms with Crippen LogP contribution in [0.1, 0.15) is 27.6 Å². The molecule has 0 radical (unpaired) electrons. The molecule has 6 nitrogen and oxygen atoms in total. The molecule has 0 spiro atoms. The lowest BCUT2D eigenvalue weighted by Crippen LogP contribution is -2.23. The third-order valence-corrected chi connectivity index (χ3v) is 3.54. The van der Waals surface area contributed by atoms with Gasteiger partial charge in [-0.2, -0.15) is 0 Å². The molecule has 0 atom stereocenters. The van der Waals surface area contributed by atoms with Crippen LogP contribution in [0.5, 0.6) is 0 Å². The van der Waals surface area contributed by atoms with E-state index < -0.39 is 0 Å². The van der Waals surface area contributed by atoms with Gasteiger partial charge in [0.2, 0.25) is 5.91 Å². The third kappa shape index (κ3) is 5.17. The molecular formula is C19H21N3O3. The summed E-state index contributed by atoms with van der Waals surface area (Å²) in [7, 11) is 3.35. The van der Waals surface area contributed by atoms with Gasteiger partial charge in [0.25, 0.3) is 5.91 Å². The number of carbonyl (C=O) groups excluding carboxylic acids is 3. The lowest BCUT2D eigenvalue weighted by Gasteiger charge is -2.12. The quantitative estimate of drug-likeness (QED) is 0.793. The van der Waals surface area contributed by atoms with Gasteiger partial charge in [0, 0.05) is 36.6 Å². The van der Waals surface area contributed by atoms with E-state index in [1.54, 1.807) is 62.6 Å². The van der Waals surface area contributed by atoms with Crippen molar-refractivity contribution in [2.24, 2.45) is 0 Å². The number of benzene rings is 2. The normalized spacial score (nSPS) is 10.0. The molecule has 0 saturated carbocycles. The number of Topliss-reactive ketones (excluding diaryl/α,β-unsaturated/α-hetero) is 1. The van der Waals surface area contributed by atoms with Gasteiger partial charge in [0.1, 0.15) is 0 Å². The van der Waals surface area contributed by atoms with Gasteiger partial charge in [0.05, 0.1) is 6.54 Å². The zero-order valence-corrected chi connectivity index (χ0v) is 14.5. The van der Waals surface area contributed by atoms with Crippen LogP contribution in [-0.2, 0) is 4.79 Å². The Hall–Kier alpha value is -3.15. The van der Waals surface area contributed by atoms with Crippen molar-refractivity contribution >= 4 is 29.0 Å². The Labute approximate surface area is 146 Å². The maximum Gasteiger partial charge on any atom is 0.253 e. The number of amides is 2. The Morgan fingerprint density at radius 3 is 2.20 bits per heavy atom. The standard InChI is InChI=1S/C19H21N3O3/c1-13(23)14-7-9-16(10-8-14)20-12-18(24)21-17-6-4-5-15(11-17)19(25)22(2)3/h4-11,20H,12H2,1-3H3,(H,21,24). The van der Waals surface area contributed by atoms with Crippen LogP contribution in [0.15, 0.2) is 48.5 Å². The molecule has 25 heavy (non-hydrogen) atoms. The number of nitrogens with one attached hydrogen (secondary N) is 2. The first kappa shape index (κ1) is 18.2. The fraction of sp³-hybridized carbons (Fsp3) is 0.211. The van der Waals surface area contributed by atoms with Gasteiger partial charge in [-0.25, -0.2) is 0 Å². The van der Waals surface area contributed by atoms with Crippen molar-refractivity contribution in [2.75, 3.05) is 31.3 Å². The number of nitrogens with zero attached hydrogens (tertiary/aromatic N) is 1. The molecule has 2 aromatic carbocycles. The van der Waals surface area contributed by atoms with Crippen LogP contribution in [0.3, 0.4) is 0 Å². The maximum atomic E-state index is 12.1. The van der Waals surface area contributed by atoms with Crippen molar-refractivity contribution in [3.05, 3.63) is 59.7 Å². The van der Waals surface area contributed by atoms with E-state index in [0.717, 1.165) is 5.69 Å². The average Bonchev–Trinajstić information content (AvgIpc) is 2.59. The van der Waals surface area contributed by atoms with Gasteiger partial charge >= 0.3 is 0 Å². The molecule has 0 heterocycles. The summed E-state index contributed by atoms with van der Waals surface area (Å²) < 4.78 is 0. The summed E-state index contributed by atoms with van der Waals surface area (Å²) in [4.78, 5) is 36.7. The molecule has 0 aromatic heterocycles. The van der Waals surface area contributed by atoms with Crippen molar-refractivity contribution in [1.29, 1.82) is 0 Å². The second-order valence-corrected chi connectivity index (χ2v) is 5.82. The van der Waals surface area contributed by atoms with E-state index in [2.05, 4.69) is 10.6 Å². The van der Waals surface area contributed by atoms with E-state index in [-0.39, 0.29) is 24.1 Å². The van der Waals surface area contributed by atoms with Crippen LogP contribution >= 0.6 is 0 Å². The highest BCUT2D eigenvalue weighted by atomic mass is 16.2. The number of rotatable bonds is 6. The van der Waals surface area contributed by atoms with E-state index in [1.165, 1.54) is 11.8 Å². The number of hydrogen-bond donors (Lipinski definition) is 2. The highest BCUT2D eigenvalue weighted by Crippen LogP contribution is 2.13. The summed E-state index contributed by atoms with van der Waals surface area (Å²) in [5.41, 5.74) is 2.44. The van der Waals surface area contributed by atoms with Crippen molar-refractivity contribution < 1.29 is 14.4 Å². The molecular weight excluding hydrogens is 318 g/mol. The first-order chi connectivity index (χ1) is 11.9. The Morgan fingerprint density at radius 1 is 0.920 bits per heavy atom. The number of ketones is 1. The van der Waals surface area contributed by atoms with Crippen LogP contribution in [-0.4, -0.2) is 43.1 Å². The lowest BCUT2D eigenvalue weighted by atomic mass is 10.1. The maximum absolute atomic E-state index is 12.1. The summed E-state index contributed by atoms with van der Waals surface area (Å²) in [6.07, 6.45) is 0. The molecule has 2 amide bonds. The molecule has 130 valence electrons. The summed E-state index contributed by atoms with van der Waals surface area (Å²) in [5.74, 6) is -0.360. The van der Waals surface area contributed by atoms with Crippen LogP contribution in [0.25, 0.3) is 0 Å². The van der Waals surface area contributed by atoms with E-state index in [9.17, 15) is 14.4 Å². The topological polar surface area (TPSA) is 78.5 Å². The predicted molar refractivity (Wildman–Crippen MR) is 98.0 cm³/mol. The Morgan fingerprint density at radius 2 is 1.60 bits per heavy atom. The van der Waals surface area contributed by atoms with E-state index in [1.807, 2.05) is 0 Å². The monoisotopic (exact) mass is 339 g/mol. The minimum atomic E-state index is -0.231. The van der Waals surface area contributed by atoms with Crippen molar-refractivity contribution in [1.82, 2.24) is 4.90 Å². The zero-order valence-electron chi connectivity index (χ0n) is 14.5. The lowest BCUT2D eigenvalue weighted by molar-refractivity contribution is -0.114. The molecule has 2 rings (SSSR count). The molecule has 0 aliphatic carbocycles. The van der Waals surface area contributed by atoms with Crippen molar-refractivity contribution in [3.63, 3.8) is 0 Å². The van der Waals surface area contributed by atoms with E-state index in [4.69, 9.17) is 0 Å². The molecule has 0 saturated heterocycles. The second kappa shape index (κ2) is 8.10. The van der Waals surface area contributed by atoms with Crippen LogP contribution in [0.4, 0.5) is 11.4 Å². The molecule has 0 unspecified atom stereocenters. The molecule has 2 aromatic rings. The summed E-state index contributed by atoms with van der Waals surface area (Å²) >= 11 is 0. The number of hydrogen-bond acceptors (Lipinski definition) is 4. The van der Waals surface area contributed by atoms with Gasteiger partial charge in [0.15, 0.2) is 5.78 Å². The number of carbonyl (C=O) groups is 3. The average molecular weight is 339 g/mol. The fourth-order valence-corrected chi connectivity index (χ4v) is 2.20. The molecule has 0 aliphatic rings. The van der Waals surface area contributed by atoms with Crippen molar-refractivity contribution in [3.8, 4) is 0 Å². The summed E-state index contributed by atoms with van der Waals surface area (Å²) in [6.45, 7) is 1.58. The molecule has 6 heteroatoms.